The first kappa shape index (κ1) is 15.9. The molecule has 21 heavy (non-hydrogen) atoms. The van der Waals surface area contributed by atoms with Crippen LogP contribution in [0.25, 0.3) is 0 Å². The van der Waals surface area contributed by atoms with Crippen molar-refractivity contribution in [1.82, 2.24) is 5.32 Å². The zero-order valence-electron chi connectivity index (χ0n) is 11.6. The van der Waals surface area contributed by atoms with E-state index in [1.54, 1.807) is 18.2 Å². The Morgan fingerprint density at radius 2 is 1.81 bits per heavy atom. The first-order chi connectivity index (χ1) is 10.1. The molecule has 0 atom stereocenters. The molecule has 0 heterocycles. The Morgan fingerprint density at radius 3 is 2.52 bits per heavy atom. The van der Waals surface area contributed by atoms with Crippen molar-refractivity contribution in [3.8, 4) is 5.75 Å². The van der Waals surface area contributed by atoms with E-state index in [1.807, 2.05) is 31.2 Å². The largest absolute Gasteiger partial charge is 0.434 e. The third-order valence-electron chi connectivity index (χ3n) is 3.13. The molecule has 0 aliphatic heterocycles. The van der Waals surface area contributed by atoms with Crippen molar-refractivity contribution >= 4 is 15.9 Å². The maximum atomic E-state index is 12.4. The molecule has 0 saturated carbocycles. The van der Waals surface area contributed by atoms with Crippen LogP contribution >= 0.6 is 15.9 Å². The van der Waals surface area contributed by atoms with E-state index in [9.17, 15) is 8.78 Å². The number of ether oxygens (including phenoxy) is 1. The van der Waals surface area contributed by atoms with Gasteiger partial charge in [0.1, 0.15) is 5.75 Å². The van der Waals surface area contributed by atoms with Crippen molar-refractivity contribution < 1.29 is 13.5 Å². The Balaban J connectivity index is 2.02. The predicted octanol–water partition coefficient (Wildman–Crippen LogP) is 4.65. The number of aryl methyl sites for hydroxylation is 1. The minimum Gasteiger partial charge on any atom is -0.434 e. The molecule has 0 aliphatic carbocycles. The molecule has 0 aromatic heterocycles. The topological polar surface area (TPSA) is 21.3 Å². The average molecular weight is 356 g/mol. The fraction of sp³-hybridized carbons (Fsp3) is 0.250. The van der Waals surface area contributed by atoms with Gasteiger partial charge in [-0.3, -0.25) is 0 Å². The number of benzene rings is 2. The molecule has 0 fully saturated rings. The summed E-state index contributed by atoms with van der Waals surface area (Å²) in [5, 5.41) is 3.25. The quantitative estimate of drug-likeness (QED) is 0.814. The van der Waals surface area contributed by atoms with Gasteiger partial charge < -0.3 is 10.1 Å². The van der Waals surface area contributed by atoms with E-state index in [0.717, 1.165) is 4.47 Å². The van der Waals surface area contributed by atoms with E-state index in [4.69, 9.17) is 0 Å². The number of hydrogen-bond donors (Lipinski definition) is 1. The van der Waals surface area contributed by atoms with Crippen molar-refractivity contribution in [2.75, 3.05) is 0 Å². The van der Waals surface area contributed by atoms with Gasteiger partial charge in [0.15, 0.2) is 0 Å². The lowest BCUT2D eigenvalue weighted by atomic mass is 10.1. The van der Waals surface area contributed by atoms with Gasteiger partial charge in [0, 0.05) is 23.1 Å². The lowest BCUT2D eigenvalue weighted by Gasteiger charge is -2.13. The van der Waals surface area contributed by atoms with Crippen LogP contribution in [0.5, 0.6) is 5.75 Å². The average Bonchev–Trinajstić information content (AvgIpc) is 2.43. The van der Waals surface area contributed by atoms with E-state index in [2.05, 4.69) is 26.0 Å². The highest BCUT2D eigenvalue weighted by Crippen LogP contribution is 2.24. The number of hydrogen-bond acceptors (Lipinski definition) is 2. The van der Waals surface area contributed by atoms with Crippen molar-refractivity contribution in [1.29, 1.82) is 0 Å². The molecule has 1 N–H and O–H groups in total. The zero-order valence-corrected chi connectivity index (χ0v) is 13.2. The fourth-order valence-corrected chi connectivity index (χ4v) is 2.45. The smallest absolute Gasteiger partial charge is 0.387 e. The summed E-state index contributed by atoms with van der Waals surface area (Å²) in [4.78, 5) is 0. The second kappa shape index (κ2) is 7.52. The zero-order chi connectivity index (χ0) is 15.2. The molecule has 0 unspecified atom stereocenters. The van der Waals surface area contributed by atoms with Crippen molar-refractivity contribution in [3.05, 3.63) is 63.6 Å². The highest BCUT2D eigenvalue weighted by molar-refractivity contribution is 9.10. The lowest BCUT2D eigenvalue weighted by molar-refractivity contribution is -0.0505. The van der Waals surface area contributed by atoms with Gasteiger partial charge >= 0.3 is 6.61 Å². The molecule has 0 radical (unpaired) electrons. The SMILES string of the molecule is Cc1ccccc1CNCc1cc(Br)ccc1OC(F)F. The monoisotopic (exact) mass is 355 g/mol. The van der Waals surface area contributed by atoms with E-state index >= 15 is 0 Å². The van der Waals surface area contributed by atoms with Crippen LogP contribution in [0, 0.1) is 6.92 Å². The van der Waals surface area contributed by atoms with Gasteiger partial charge in [-0.05, 0) is 36.2 Å². The van der Waals surface area contributed by atoms with Crippen molar-refractivity contribution in [2.45, 2.75) is 26.6 Å². The van der Waals surface area contributed by atoms with Crippen LogP contribution in [0.4, 0.5) is 8.78 Å². The Labute approximate surface area is 131 Å². The molecule has 2 rings (SSSR count). The molecule has 2 aromatic carbocycles. The summed E-state index contributed by atoms with van der Waals surface area (Å²) in [7, 11) is 0. The maximum Gasteiger partial charge on any atom is 0.387 e. The van der Waals surface area contributed by atoms with Gasteiger partial charge in [-0.15, -0.1) is 0 Å². The standard InChI is InChI=1S/C16H16BrF2NO/c1-11-4-2-3-5-12(11)9-20-10-13-8-14(17)6-7-15(13)21-16(18)19/h2-8,16,20H,9-10H2,1H3. The minimum absolute atomic E-state index is 0.200. The molecule has 2 aromatic rings. The molecule has 0 spiro atoms. The van der Waals surface area contributed by atoms with Crippen LogP contribution in [0.3, 0.4) is 0 Å². The molecule has 0 aliphatic rings. The summed E-state index contributed by atoms with van der Waals surface area (Å²) in [5.41, 5.74) is 3.07. The highest BCUT2D eigenvalue weighted by atomic mass is 79.9. The molecular weight excluding hydrogens is 340 g/mol. The Kier molecular flexibility index (Phi) is 5.70. The van der Waals surface area contributed by atoms with E-state index in [1.165, 1.54) is 11.1 Å². The third kappa shape index (κ3) is 4.79. The van der Waals surface area contributed by atoms with Crippen LogP contribution in [0.2, 0.25) is 0 Å². The fourth-order valence-electron chi connectivity index (χ4n) is 2.04. The van der Waals surface area contributed by atoms with Gasteiger partial charge in [0.2, 0.25) is 0 Å². The van der Waals surface area contributed by atoms with Gasteiger partial charge in [-0.2, -0.15) is 8.78 Å². The normalized spacial score (nSPS) is 10.9. The first-order valence-corrected chi connectivity index (χ1v) is 7.34. The molecule has 112 valence electrons. The summed E-state index contributed by atoms with van der Waals surface area (Å²) in [5.74, 6) is 0.200. The van der Waals surface area contributed by atoms with Crippen LogP contribution in [-0.4, -0.2) is 6.61 Å². The molecular formula is C16H16BrF2NO. The van der Waals surface area contributed by atoms with E-state index in [0.29, 0.717) is 18.7 Å². The van der Waals surface area contributed by atoms with Gasteiger partial charge in [0.25, 0.3) is 0 Å². The van der Waals surface area contributed by atoms with Crippen LogP contribution in [0.15, 0.2) is 46.9 Å². The second-order valence-electron chi connectivity index (χ2n) is 4.66. The Morgan fingerprint density at radius 1 is 1.10 bits per heavy atom. The summed E-state index contributed by atoms with van der Waals surface area (Å²) in [6.45, 7) is 0.353. The van der Waals surface area contributed by atoms with E-state index < -0.39 is 6.61 Å². The van der Waals surface area contributed by atoms with E-state index in [-0.39, 0.29) is 5.75 Å². The third-order valence-corrected chi connectivity index (χ3v) is 3.62. The van der Waals surface area contributed by atoms with Crippen LogP contribution < -0.4 is 10.1 Å². The molecule has 0 bridgehead atoms. The maximum absolute atomic E-state index is 12.4. The van der Waals surface area contributed by atoms with Crippen molar-refractivity contribution in [2.24, 2.45) is 0 Å². The van der Waals surface area contributed by atoms with Crippen LogP contribution in [0.1, 0.15) is 16.7 Å². The van der Waals surface area contributed by atoms with Crippen molar-refractivity contribution in [3.63, 3.8) is 0 Å². The number of nitrogens with one attached hydrogen (secondary N) is 1. The number of alkyl halides is 2. The van der Waals surface area contributed by atoms with Gasteiger partial charge in [0.05, 0.1) is 0 Å². The molecule has 5 heteroatoms. The Hall–Kier alpha value is -1.46. The summed E-state index contributed by atoms with van der Waals surface area (Å²) in [6.07, 6.45) is 0. The summed E-state index contributed by atoms with van der Waals surface area (Å²) < 4.78 is 30.1. The molecule has 0 amide bonds. The summed E-state index contributed by atoms with van der Waals surface area (Å²) in [6, 6.07) is 13.1. The van der Waals surface area contributed by atoms with Gasteiger partial charge in [-0.25, -0.2) is 0 Å². The Bertz CT molecular complexity index is 605. The number of halogens is 3. The minimum atomic E-state index is -2.82. The highest BCUT2D eigenvalue weighted by Gasteiger charge is 2.10. The van der Waals surface area contributed by atoms with Crippen LogP contribution in [-0.2, 0) is 13.1 Å². The predicted molar refractivity (Wildman–Crippen MR) is 82.5 cm³/mol. The summed E-state index contributed by atoms with van der Waals surface area (Å²) >= 11 is 3.34. The molecule has 0 saturated heterocycles. The number of rotatable bonds is 6. The second-order valence-corrected chi connectivity index (χ2v) is 5.58. The lowest BCUT2D eigenvalue weighted by Crippen LogP contribution is -2.15. The molecule has 2 nitrogen and oxygen atoms in total. The van der Waals surface area contributed by atoms with Gasteiger partial charge in [-0.1, -0.05) is 40.2 Å². The first-order valence-electron chi connectivity index (χ1n) is 6.54.